The molecule has 2 nitrogen and oxygen atoms in total. The molecule has 0 aromatic carbocycles. The van der Waals surface area contributed by atoms with Gasteiger partial charge in [0.2, 0.25) is 5.75 Å². The Morgan fingerprint density at radius 3 is 2.57 bits per heavy atom. The highest BCUT2D eigenvalue weighted by atomic mass is 35.5. The van der Waals surface area contributed by atoms with E-state index in [-0.39, 0.29) is 6.10 Å². The van der Waals surface area contributed by atoms with Crippen LogP contribution < -0.4 is 0 Å². The Morgan fingerprint density at radius 2 is 2.43 bits per heavy atom. The van der Waals surface area contributed by atoms with Crippen LogP contribution >= 0.6 is 11.6 Å². The van der Waals surface area contributed by atoms with Crippen LogP contribution in [0, 0.1) is 0 Å². The maximum atomic E-state index is 5.36. The molecule has 0 bridgehead atoms. The van der Waals surface area contributed by atoms with E-state index in [1.165, 1.54) is 0 Å². The van der Waals surface area contributed by atoms with Gasteiger partial charge in [-0.25, -0.2) is 0 Å². The predicted octanol–water partition coefficient (Wildman–Crippen LogP) is 0.944. The van der Waals surface area contributed by atoms with Crippen LogP contribution in [-0.2, 0) is 9.47 Å². The lowest BCUT2D eigenvalue weighted by atomic mass is 10.5. The fourth-order valence-corrected chi connectivity index (χ4v) is 0.721. The Hall–Kier alpha value is 0.210. The summed E-state index contributed by atoms with van der Waals surface area (Å²) in [6.07, 6.45) is 0.169. The second-order valence-corrected chi connectivity index (χ2v) is 1.91. The molecule has 2 atom stereocenters. The summed E-state index contributed by atoms with van der Waals surface area (Å²) in [6, 6.07) is 0. The molecule has 42 valence electrons. The molecule has 0 aromatic rings. The SMILES string of the molecule is CC1COC(Cl)O1. The molecule has 1 aliphatic heterocycles. The van der Waals surface area contributed by atoms with Crippen LogP contribution in [-0.4, -0.2) is 18.5 Å². The number of halogens is 1. The first-order chi connectivity index (χ1) is 3.29. The molecule has 0 amide bonds. The molecule has 1 saturated heterocycles. The van der Waals surface area contributed by atoms with Gasteiger partial charge in [-0.1, -0.05) is 11.6 Å². The predicted molar refractivity (Wildman–Crippen MR) is 26.1 cm³/mol. The van der Waals surface area contributed by atoms with E-state index in [4.69, 9.17) is 21.1 Å². The fourth-order valence-electron chi connectivity index (χ4n) is 0.472. The largest absolute Gasteiger partial charge is 0.337 e. The minimum Gasteiger partial charge on any atom is -0.337 e. The molecule has 0 spiro atoms. The van der Waals surface area contributed by atoms with Gasteiger partial charge in [0.15, 0.2) is 0 Å². The molecule has 0 N–H and O–H groups in total. The van der Waals surface area contributed by atoms with Crippen molar-refractivity contribution in [3.63, 3.8) is 0 Å². The Balaban J connectivity index is 2.26. The summed E-state index contributed by atoms with van der Waals surface area (Å²) in [5.74, 6) is -0.505. The van der Waals surface area contributed by atoms with Crippen LogP contribution in [0.15, 0.2) is 0 Å². The molecule has 1 fully saturated rings. The van der Waals surface area contributed by atoms with Gasteiger partial charge in [0, 0.05) is 0 Å². The van der Waals surface area contributed by atoms with Crippen molar-refractivity contribution in [2.24, 2.45) is 0 Å². The molecule has 7 heavy (non-hydrogen) atoms. The summed E-state index contributed by atoms with van der Waals surface area (Å²) >= 11 is 5.36. The van der Waals surface area contributed by atoms with Gasteiger partial charge in [-0.05, 0) is 6.92 Å². The lowest BCUT2D eigenvalue weighted by molar-refractivity contribution is 0.0118. The van der Waals surface area contributed by atoms with E-state index in [2.05, 4.69) is 0 Å². The fraction of sp³-hybridized carbons (Fsp3) is 1.00. The topological polar surface area (TPSA) is 18.5 Å². The Bertz CT molecular complexity index is 58.7. The van der Waals surface area contributed by atoms with E-state index in [9.17, 15) is 0 Å². The van der Waals surface area contributed by atoms with E-state index in [0.717, 1.165) is 0 Å². The number of hydrogen-bond donors (Lipinski definition) is 0. The summed E-state index contributed by atoms with van der Waals surface area (Å²) in [7, 11) is 0. The molecule has 1 heterocycles. The van der Waals surface area contributed by atoms with Crippen LogP contribution in [0.3, 0.4) is 0 Å². The maximum absolute atomic E-state index is 5.36. The number of alkyl halides is 1. The van der Waals surface area contributed by atoms with Gasteiger partial charge < -0.3 is 9.47 Å². The first kappa shape index (κ1) is 5.35. The molecular weight excluding hydrogens is 115 g/mol. The van der Waals surface area contributed by atoms with Crippen molar-refractivity contribution in [3.8, 4) is 0 Å². The zero-order chi connectivity index (χ0) is 5.28. The van der Waals surface area contributed by atoms with Gasteiger partial charge >= 0.3 is 0 Å². The molecular formula is C4H7ClO2. The summed E-state index contributed by atoms with van der Waals surface area (Å²) in [5, 5.41) is 0. The molecule has 1 rings (SSSR count). The van der Waals surface area contributed by atoms with Gasteiger partial charge in [0.1, 0.15) is 0 Å². The van der Waals surface area contributed by atoms with Crippen LogP contribution in [0.2, 0.25) is 0 Å². The van der Waals surface area contributed by atoms with Crippen molar-refractivity contribution >= 4 is 11.6 Å². The molecule has 1 aliphatic rings. The summed E-state index contributed by atoms with van der Waals surface area (Å²) < 4.78 is 9.71. The van der Waals surface area contributed by atoms with Gasteiger partial charge in [-0.3, -0.25) is 0 Å². The molecule has 0 aliphatic carbocycles. The van der Waals surface area contributed by atoms with Crippen molar-refractivity contribution in [2.75, 3.05) is 6.61 Å². The van der Waals surface area contributed by atoms with E-state index in [1.54, 1.807) is 0 Å². The van der Waals surface area contributed by atoms with Crippen molar-refractivity contribution in [1.82, 2.24) is 0 Å². The number of rotatable bonds is 0. The second kappa shape index (κ2) is 1.99. The first-order valence-corrected chi connectivity index (χ1v) is 2.64. The third-order valence-electron chi connectivity index (χ3n) is 0.801. The van der Waals surface area contributed by atoms with Crippen LogP contribution in [0.5, 0.6) is 0 Å². The number of hydrogen-bond acceptors (Lipinski definition) is 2. The number of ether oxygens (including phenoxy) is 2. The minimum atomic E-state index is -0.505. The van der Waals surface area contributed by atoms with E-state index < -0.39 is 5.75 Å². The van der Waals surface area contributed by atoms with Crippen molar-refractivity contribution < 1.29 is 9.47 Å². The highest BCUT2D eigenvalue weighted by Gasteiger charge is 2.18. The average molecular weight is 123 g/mol. The molecule has 2 unspecified atom stereocenters. The standard InChI is InChI=1S/C4H7ClO2/c1-3-2-6-4(5)7-3/h3-4H,2H2,1H3. The van der Waals surface area contributed by atoms with Crippen LogP contribution in [0.4, 0.5) is 0 Å². The van der Waals surface area contributed by atoms with Gasteiger partial charge in [0.05, 0.1) is 12.7 Å². The summed E-state index contributed by atoms with van der Waals surface area (Å²) in [6.45, 7) is 2.54. The smallest absolute Gasteiger partial charge is 0.237 e. The van der Waals surface area contributed by atoms with E-state index in [1.807, 2.05) is 6.92 Å². The summed E-state index contributed by atoms with van der Waals surface area (Å²) in [4.78, 5) is 0. The minimum absolute atomic E-state index is 0.169. The second-order valence-electron chi connectivity index (χ2n) is 1.55. The normalized spacial score (nSPS) is 42.0. The zero-order valence-corrected chi connectivity index (χ0v) is 4.81. The van der Waals surface area contributed by atoms with Crippen molar-refractivity contribution in [2.45, 2.75) is 18.8 Å². The third kappa shape index (κ3) is 1.30. The van der Waals surface area contributed by atoms with E-state index in [0.29, 0.717) is 6.61 Å². The van der Waals surface area contributed by atoms with Gasteiger partial charge in [0.25, 0.3) is 0 Å². The zero-order valence-electron chi connectivity index (χ0n) is 4.06. The van der Waals surface area contributed by atoms with Gasteiger partial charge in [-0.15, -0.1) is 0 Å². The molecule has 0 aromatic heterocycles. The lowest BCUT2D eigenvalue weighted by Gasteiger charge is -1.96. The molecule has 0 saturated carbocycles. The first-order valence-electron chi connectivity index (χ1n) is 2.20. The monoisotopic (exact) mass is 122 g/mol. The van der Waals surface area contributed by atoms with Gasteiger partial charge in [-0.2, -0.15) is 0 Å². The molecule has 3 heteroatoms. The highest BCUT2D eigenvalue weighted by Crippen LogP contribution is 2.12. The third-order valence-corrected chi connectivity index (χ3v) is 1.03. The Labute approximate surface area is 47.4 Å². The maximum Gasteiger partial charge on any atom is 0.237 e. The van der Waals surface area contributed by atoms with Crippen LogP contribution in [0.1, 0.15) is 6.92 Å². The molecule has 0 radical (unpaired) electrons. The Kier molecular flexibility index (Phi) is 1.52. The van der Waals surface area contributed by atoms with E-state index >= 15 is 0 Å². The quantitative estimate of drug-likeness (QED) is 0.446. The van der Waals surface area contributed by atoms with Crippen molar-refractivity contribution in [3.05, 3.63) is 0 Å². The highest BCUT2D eigenvalue weighted by molar-refractivity contribution is 6.18. The summed E-state index contributed by atoms with van der Waals surface area (Å²) in [5.41, 5.74) is 0. The average Bonchev–Trinajstić information content (AvgIpc) is 1.87. The van der Waals surface area contributed by atoms with Crippen molar-refractivity contribution in [1.29, 1.82) is 0 Å². The lowest BCUT2D eigenvalue weighted by Crippen LogP contribution is -2.02. The Morgan fingerprint density at radius 1 is 1.71 bits per heavy atom. The van der Waals surface area contributed by atoms with Crippen LogP contribution in [0.25, 0.3) is 0 Å².